The summed E-state index contributed by atoms with van der Waals surface area (Å²) in [5.74, 6) is 0.102. The highest BCUT2D eigenvalue weighted by atomic mass is 16.5. The van der Waals surface area contributed by atoms with Crippen molar-refractivity contribution < 1.29 is 9.53 Å². The zero-order chi connectivity index (χ0) is 12.3. The van der Waals surface area contributed by atoms with E-state index in [0.717, 1.165) is 25.9 Å². The SMILES string of the molecule is CCC(OC)C(=O)N1CCC(N)C(C)(C)C1. The van der Waals surface area contributed by atoms with Gasteiger partial charge in [-0.1, -0.05) is 20.8 Å². The molecule has 94 valence electrons. The molecule has 0 aromatic carbocycles. The molecule has 0 aromatic heterocycles. The standard InChI is InChI=1S/C12H24N2O2/c1-5-9(16-4)11(15)14-7-6-10(13)12(2,3)8-14/h9-10H,5-8,13H2,1-4H3. The molecule has 0 aromatic rings. The third kappa shape index (κ3) is 2.74. The van der Waals surface area contributed by atoms with Gasteiger partial charge in [-0.3, -0.25) is 4.79 Å². The van der Waals surface area contributed by atoms with Crippen LogP contribution in [0.2, 0.25) is 0 Å². The smallest absolute Gasteiger partial charge is 0.251 e. The molecule has 1 aliphatic heterocycles. The number of nitrogens with two attached hydrogens (primary N) is 1. The van der Waals surface area contributed by atoms with E-state index in [1.54, 1.807) is 7.11 Å². The van der Waals surface area contributed by atoms with Crippen LogP contribution in [0.5, 0.6) is 0 Å². The van der Waals surface area contributed by atoms with Crippen molar-refractivity contribution in [2.24, 2.45) is 11.1 Å². The lowest BCUT2D eigenvalue weighted by atomic mass is 9.79. The Hall–Kier alpha value is -0.610. The number of ether oxygens (including phenoxy) is 1. The van der Waals surface area contributed by atoms with Crippen LogP contribution >= 0.6 is 0 Å². The number of likely N-dealkylation sites (tertiary alicyclic amines) is 1. The van der Waals surface area contributed by atoms with E-state index in [0.29, 0.717) is 0 Å². The van der Waals surface area contributed by atoms with Gasteiger partial charge in [0.15, 0.2) is 0 Å². The molecule has 2 N–H and O–H groups in total. The van der Waals surface area contributed by atoms with Crippen LogP contribution in [0.3, 0.4) is 0 Å². The molecule has 1 rings (SSSR count). The first-order valence-corrected chi connectivity index (χ1v) is 5.99. The summed E-state index contributed by atoms with van der Waals surface area (Å²) in [4.78, 5) is 14.0. The molecule has 4 nitrogen and oxygen atoms in total. The predicted octanol–water partition coefficient (Wildman–Crippen LogP) is 0.997. The first kappa shape index (κ1) is 13.5. The van der Waals surface area contributed by atoms with Crippen LogP contribution in [0.1, 0.15) is 33.6 Å². The molecule has 0 saturated carbocycles. The Morgan fingerprint density at radius 1 is 1.62 bits per heavy atom. The van der Waals surface area contributed by atoms with E-state index >= 15 is 0 Å². The average Bonchev–Trinajstić information content (AvgIpc) is 2.23. The van der Waals surface area contributed by atoms with Gasteiger partial charge < -0.3 is 15.4 Å². The summed E-state index contributed by atoms with van der Waals surface area (Å²) >= 11 is 0. The van der Waals surface area contributed by atoms with E-state index in [-0.39, 0.29) is 23.5 Å². The van der Waals surface area contributed by atoms with Crippen molar-refractivity contribution in [2.75, 3.05) is 20.2 Å². The summed E-state index contributed by atoms with van der Waals surface area (Å²) in [5.41, 5.74) is 6.05. The topological polar surface area (TPSA) is 55.6 Å². The number of carbonyl (C=O) groups is 1. The third-order valence-electron chi connectivity index (χ3n) is 3.55. The summed E-state index contributed by atoms with van der Waals surface area (Å²) in [5, 5.41) is 0. The van der Waals surface area contributed by atoms with Crippen LogP contribution < -0.4 is 5.73 Å². The minimum Gasteiger partial charge on any atom is -0.372 e. The molecule has 0 spiro atoms. The quantitative estimate of drug-likeness (QED) is 0.784. The molecule has 1 heterocycles. The second-order valence-electron chi connectivity index (χ2n) is 5.28. The number of hydrogen-bond donors (Lipinski definition) is 1. The Labute approximate surface area is 98.1 Å². The van der Waals surface area contributed by atoms with Crippen LogP contribution in [-0.2, 0) is 9.53 Å². The molecule has 1 saturated heterocycles. The number of hydrogen-bond acceptors (Lipinski definition) is 3. The van der Waals surface area contributed by atoms with Crippen LogP contribution in [0.25, 0.3) is 0 Å². The Balaban J connectivity index is 2.65. The molecule has 0 aliphatic carbocycles. The fourth-order valence-electron chi connectivity index (χ4n) is 2.21. The molecule has 0 bridgehead atoms. The van der Waals surface area contributed by atoms with Gasteiger partial charge >= 0.3 is 0 Å². The summed E-state index contributed by atoms with van der Waals surface area (Å²) in [6.07, 6.45) is 1.29. The maximum absolute atomic E-state index is 12.1. The van der Waals surface area contributed by atoms with Gasteiger partial charge in [-0.05, 0) is 18.3 Å². The van der Waals surface area contributed by atoms with E-state index < -0.39 is 0 Å². The summed E-state index contributed by atoms with van der Waals surface area (Å²) in [7, 11) is 1.59. The van der Waals surface area contributed by atoms with Crippen molar-refractivity contribution >= 4 is 5.91 Å². The molecular formula is C12H24N2O2. The maximum Gasteiger partial charge on any atom is 0.251 e. The van der Waals surface area contributed by atoms with Gasteiger partial charge in [-0.15, -0.1) is 0 Å². The van der Waals surface area contributed by atoms with Gasteiger partial charge in [0.1, 0.15) is 6.10 Å². The Bertz CT molecular complexity index is 249. The number of carbonyl (C=O) groups excluding carboxylic acids is 1. The highest BCUT2D eigenvalue weighted by Gasteiger charge is 2.36. The van der Waals surface area contributed by atoms with Gasteiger partial charge in [-0.2, -0.15) is 0 Å². The first-order chi connectivity index (χ1) is 7.42. The number of piperidine rings is 1. The fourth-order valence-corrected chi connectivity index (χ4v) is 2.21. The van der Waals surface area contributed by atoms with Crippen LogP contribution in [0.4, 0.5) is 0 Å². The van der Waals surface area contributed by atoms with E-state index in [9.17, 15) is 4.79 Å². The normalized spacial score (nSPS) is 26.6. The van der Waals surface area contributed by atoms with Crippen molar-refractivity contribution in [2.45, 2.75) is 45.8 Å². The molecule has 1 aliphatic rings. The van der Waals surface area contributed by atoms with Gasteiger partial charge in [0.05, 0.1) is 0 Å². The number of amides is 1. The second kappa shape index (κ2) is 5.15. The van der Waals surface area contributed by atoms with Crippen molar-refractivity contribution in [3.63, 3.8) is 0 Å². The van der Waals surface area contributed by atoms with E-state index in [2.05, 4.69) is 13.8 Å². The molecule has 1 amide bonds. The van der Waals surface area contributed by atoms with E-state index in [4.69, 9.17) is 10.5 Å². The minimum absolute atomic E-state index is 0.0000567. The lowest BCUT2D eigenvalue weighted by molar-refractivity contribution is -0.145. The van der Waals surface area contributed by atoms with Gasteiger partial charge in [-0.25, -0.2) is 0 Å². The zero-order valence-electron chi connectivity index (χ0n) is 10.8. The van der Waals surface area contributed by atoms with Crippen molar-refractivity contribution in [3.8, 4) is 0 Å². The fraction of sp³-hybridized carbons (Fsp3) is 0.917. The molecular weight excluding hydrogens is 204 g/mol. The van der Waals surface area contributed by atoms with Crippen molar-refractivity contribution in [1.29, 1.82) is 0 Å². The van der Waals surface area contributed by atoms with Crippen LogP contribution in [-0.4, -0.2) is 43.2 Å². The predicted molar refractivity (Wildman–Crippen MR) is 64.0 cm³/mol. The second-order valence-corrected chi connectivity index (χ2v) is 5.28. The Kier molecular flexibility index (Phi) is 4.33. The Morgan fingerprint density at radius 3 is 2.69 bits per heavy atom. The largest absolute Gasteiger partial charge is 0.372 e. The minimum atomic E-state index is -0.301. The molecule has 0 radical (unpaired) electrons. The molecule has 2 atom stereocenters. The van der Waals surface area contributed by atoms with E-state index in [1.165, 1.54) is 0 Å². The van der Waals surface area contributed by atoms with Crippen molar-refractivity contribution in [1.82, 2.24) is 4.90 Å². The van der Waals surface area contributed by atoms with Crippen molar-refractivity contribution in [3.05, 3.63) is 0 Å². The number of nitrogens with zero attached hydrogens (tertiary/aromatic N) is 1. The molecule has 4 heteroatoms. The number of methoxy groups -OCH3 is 1. The summed E-state index contributed by atoms with van der Waals surface area (Å²) in [6, 6.07) is 0.180. The highest BCUT2D eigenvalue weighted by Crippen LogP contribution is 2.28. The summed E-state index contributed by atoms with van der Waals surface area (Å²) < 4.78 is 5.19. The van der Waals surface area contributed by atoms with Gasteiger partial charge in [0, 0.05) is 26.2 Å². The van der Waals surface area contributed by atoms with Gasteiger partial charge in [0.2, 0.25) is 0 Å². The molecule has 1 fully saturated rings. The Morgan fingerprint density at radius 2 is 2.25 bits per heavy atom. The van der Waals surface area contributed by atoms with E-state index in [1.807, 2.05) is 11.8 Å². The number of rotatable bonds is 3. The summed E-state index contributed by atoms with van der Waals surface area (Å²) in [6.45, 7) is 7.68. The lowest BCUT2D eigenvalue weighted by Gasteiger charge is -2.43. The van der Waals surface area contributed by atoms with Gasteiger partial charge in [0.25, 0.3) is 5.91 Å². The zero-order valence-corrected chi connectivity index (χ0v) is 10.8. The maximum atomic E-state index is 12.1. The van der Waals surface area contributed by atoms with Crippen LogP contribution in [0.15, 0.2) is 0 Å². The van der Waals surface area contributed by atoms with Crippen LogP contribution in [0, 0.1) is 5.41 Å². The lowest BCUT2D eigenvalue weighted by Crippen LogP contribution is -2.55. The highest BCUT2D eigenvalue weighted by molar-refractivity contribution is 5.81. The molecule has 16 heavy (non-hydrogen) atoms. The molecule has 2 unspecified atom stereocenters. The first-order valence-electron chi connectivity index (χ1n) is 5.99. The average molecular weight is 228 g/mol. The monoisotopic (exact) mass is 228 g/mol. The third-order valence-corrected chi connectivity index (χ3v) is 3.55.